The molecule has 0 unspecified atom stereocenters. The third-order valence-electron chi connectivity index (χ3n) is 1.44. The van der Waals surface area contributed by atoms with Crippen LogP contribution in [0.2, 0.25) is 19.6 Å². The van der Waals surface area contributed by atoms with Crippen molar-refractivity contribution in [3.63, 3.8) is 0 Å². The fraction of sp³-hybridized carbons (Fsp3) is 0.700. The van der Waals surface area contributed by atoms with Gasteiger partial charge in [0.2, 0.25) is 0 Å². The van der Waals surface area contributed by atoms with E-state index in [1.54, 1.807) is 0 Å². The molecule has 0 aromatic heterocycles. The Morgan fingerprint density at radius 2 is 2.00 bits per heavy atom. The summed E-state index contributed by atoms with van der Waals surface area (Å²) in [5, 5.41) is 0. The highest BCUT2D eigenvalue weighted by atomic mass is 28.3. The number of hydrogen-bond acceptors (Lipinski definition) is 2. The van der Waals surface area contributed by atoms with Crippen molar-refractivity contribution in [1.82, 2.24) is 0 Å². The van der Waals surface area contributed by atoms with Gasteiger partial charge in [-0.05, 0) is 12.8 Å². The first kappa shape index (κ1) is 12.4. The molecule has 0 aromatic rings. The molecule has 0 amide bonds. The monoisotopic (exact) mass is 200 g/mol. The second kappa shape index (κ2) is 5.97. The largest absolute Gasteiger partial charge is 0.466 e. The Kier molecular flexibility index (Phi) is 5.71. The van der Waals surface area contributed by atoms with E-state index in [2.05, 4.69) is 31.4 Å². The Labute approximate surface area is 82.0 Å². The van der Waals surface area contributed by atoms with Crippen molar-refractivity contribution in [3.05, 3.63) is 11.8 Å². The van der Waals surface area contributed by atoms with Crippen molar-refractivity contribution in [3.8, 4) is 0 Å². The van der Waals surface area contributed by atoms with Crippen LogP contribution in [0, 0.1) is 0 Å². The highest BCUT2D eigenvalue weighted by molar-refractivity contribution is 6.80. The van der Waals surface area contributed by atoms with Crippen LogP contribution in [0.5, 0.6) is 0 Å². The van der Waals surface area contributed by atoms with Crippen molar-refractivity contribution in [2.24, 2.45) is 0 Å². The van der Waals surface area contributed by atoms with Crippen molar-refractivity contribution in [2.45, 2.75) is 39.4 Å². The summed E-state index contributed by atoms with van der Waals surface area (Å²) < 4.78 is 4.81. The fourth-order valence-corrected chi connectivity index (χ4v) is 1.73. The summed E-state index contributed by atoms with van der Waals surface area (Å²) in [7, 11) is -1.03. The normalized spacial score (nSPS) is 12.0. The lowest BCUT2D eigenvalue weighted by atomic mass is 10.3. The Bertz CT molecular complexity index is 180. The molecule has 0 aromatic carbocycles. The first-order valence-electron chi connectivity index (χ1n) is 4.73. The molecule has 0 aliphatic carbocycles. The van der Waals surface area contributed by atoms with E-state index in [1.807, 2.05) is 0 Å². The zero-order valence-corrected chi connectivity index (χ0v) is 10.1. The van der Waals surface area contributed by atoms with Gasteiger partial charge in [-0.25, -0.2) is 0 Å². The van der Waals surface area contributed by atoms with Gasteiger partial charge in [0.25, 0.3) is 0 Å². The number of rotatable bonds is 5. The molecular weight excluding hydrogens is 180 g/mol. The zero-order chi connectivity index (χ0) is 10.3. The molecule has 3 heteroatoms. The highest BCUT2D eigenvalue weighted by Gasteiger charge is 2.05. The molecule has 0 atom stereocenters. The number of allylic oxidation sites excluding steroid dienone is 1. The van der Waals surface area contributed by atoms with Crippen molar-refractivity contribution in [2.75, 3.05) is 6.61 Å². The van der Waals surface area contributed by atoms with Gasteiger partial charge in [0, 0.05) is 6.92 Å². The maximum atomic E-state index is 10.4. The number of ether oxygens (including phenoxy) is 1. The van der Waals surface area contributed by atoms with Crippen LogP contribution in [0.3, 0.4) is 0 Å². The first-order valence-corrected chi connectivity index (χ1v) is 8.30. The van der Waals surface area contributed by atoms with E-state index in [1.165, 1.54) is 6.92 Å². The molecule has 0 N–H and O–H groups in total. The van der Waals surface area contributed by atoms with Crippen LogP contribution >= 0.6 is 0 Å². The summed E-state index contributed by atoms with van der Waals surface area (Å²) >= 11 is 0. The van der Waals surface area contributed by atoms with Crippen LogP contribution in [-0.4, -0.2) is 20.7 Å². The van der Waals surface area contributed by atoms with Gasteiger partial charge in [-0.15, -0.1) is 0 Å². The Balaban J connectivity index is 3.36. The van der Waals surface area contributed by atoms with Gasteiger partial charge in [-0.1, -0.05) is 31.4 Å². The highest BCUT2D eigenvalue weighted by Crippen LogP contribution is 2.03. The van der Waals surface area contributed by atoms with Gasteiger partial charge < -0.3 is 4.74 Å². The van der Waals surface area contributed by atoms with Crippen LogP contribution < -0.4 is 0 Å². The third kappa shape index (κ3) is 11.4. The molecule has 0 aliphatic heterocycles. The molecule has 0 bridgehead atoms. The van der Waals surface area contributed by atoms with Gasteiger partial charge in [-0.3, -0.25) is 4.79 Å². The molecule has 0 spiro atoms. The lowest BCUT2D eigenvalue weighted by Crippen LogP contribution is -2.15. The Hall–Kier alpha value is -0.573. The summed E-state index contributed by atoms with van der Waals surface area (Å²) in [4.78, 5) is 10.4. The van der Waals surface area contributed by atoms with Gasteiger partial charge in [0.15, 0.2) is 0 Å². The van der Waals surface area contributed by atoms with E-state index in [0.717, 1.165) is 12.8 Å². The van der Waals surface area contributed by atoms with E-state index >= 15 is 0 Å². The molecule has 0 fully saturated rings. The molecular formula is C10H20O2Si. The summed E-state index contributed by atoms with van der Waals surface area (Å²) in [6.45, 7) is 8.89. The van der Waals surface area contributed by atoms with E-state index < -0.39 is 8.07 Å². The number of esters is 1. The molecule has 0 aliphatic rings. The summed E-state index contributed by atoms with van der Waals surface area (Å²) in [5.74, 6) is -0.186. The number of unbranched alkanes of at least 4 members (excludes halogenated alkanes) is 1. The zero-order valence-electron chi connectivity index (χ0n) is 9.09. The van der Waals surface area contributed by atoms with Gasteiger partial charge >= 0.3 is 5.97 Å². The van der Waals surface area contributed by atoms with Crippen LogP contribution in [0.15, 0.2) is 11.8 Å². The van der Waals surface area contributed by atoms with Crippen LogP contribution in [0.1, 0.15) is 19.8 Å². The van der Waals surface area contributed by atoms with E-state index in [4.69, 9.17) is 4.74 Å². The first-order chi connectivity index (χ1) is 5.92. The molecule has 0 radical (unpaired) electrons. The number of carbonyl (C=O) groups is 1. The summed E-state index contributed by atoms with van der Waals surface area (Å²) in [6, 6.07) is 0. The van der Waals surface area contributed by atoms with Crippen molar-refractivity contribution >= 4 is 14.0 Å². The van der Waals surface area contributed by atoms with E-state index in [0.29, 0.717) is 6.61 Å². The predicted molar refractivity (Wildman–Crippen MR) is 58.4 cm³/mol. The lowest BCUT2D eigenvalue weighted by molar-refractivity contribution is -0.141. The van der Waals surface area contributed by atoms with E-state index in [9.17, 15) is 4.79 Å². The quantitative estimate of drug-likeness (QED) is 0.387. The predicted octanol–water partition coefficient (Wildman–Crippen LogP) is 2.76. The molecule has 0 saturated carbocycles. The minimum Gasteiger partial charge on any atom is -0.466 e. The van der Waals surface area contributed by atoms with Crippen LogP contribution in [0.25, 0.3) is 0 Å². The lowest BCUT2D eigenvalue weighted by Gasteiger charge is -2.07. The molecule has 13 heavy (non-hydrogen) atoms. The summed E-state index contributed by atoms with van der Waals surface area (Å²) in [6.07, 6.45) is 4.15. The maximum Gasteiger partial charge on any atom is 0.302 e. The van der Waals surface area contributed by atoms with Gasteiger partial charge in [-0.2, -0.15) is 0 Å². The standard InChI is InChI=1S/C10H20O2Si/c1-10(11)12-8-6-5-7-9-13(2,3)4/h7,9H,5-6,8H2,1-4H3/b9-7-. The van der Waals surface area contributed by atoms with Gasteiger partial charge in [0.05, 0.1) is 14.7 Å². The molecule has 0 saturated heterocycles. The topological polar surface area (TPSA) is 26.3 Å². The summed E-state index contributed by atoms with van der Waals surface area (Å²) in [5.41, 5.74) is 2.32. The minimum atomic E-state index is -1.03. The Morgan fingerprint density at radius 1 is 1.38 bits per heavy atom. The second-order valence-electron chi connectivity index (χ2n) is 4.25. The average molecular weight is 200 g/mol. The minimum absolute atomic E-state index is 0.186. The fourth-order valence-electron chi connectivity index (χ4n) is 0.854. The van der Waals surface area contributed by atoms with Crippen molar-refractivity contribution < 1.29 is 9.53 Å². The van der Waals surface area contributed by atoms with Crippen LogP contribution in [0.4, 0.5) is 0 Å². The molecule has 0 rings (SSSR count). The van der Waals surface area contributed by atoms with Crippen LogP contribution in [-0.2, 0) is 9.53 Å². The van der Waals surface area contributed by atoms with E-state index in [-0.39, 0.29) is 5.97 Å². The number of hydrogen-bond donors (Lipinski definition) is 0. The third-order valence-corrected chi connectivity index (χ3v) is 2.67. The number of carbonyl (C=O) groups excluding carboxylic acids is 1. The molecule has 2 nitrogen and oxygen atoms in total. The average Bonchev–Trinajstić information content (AvgIpc) is 1.93. The van der Waals surface area contributed by atoms with Crippen molar-refractivity contribution in [1.29, 1.82) is 0 Å². The SMILES string of the molecule is CC(=O)OCCC/C=C\[Si](C)(C)C. The maximum absolute atomic E-state index is 10.4. The molecule has 76 valence electrons. The Morgan fingerprint density at radius 3 is 2.46 bits per heavy atom. The molecule has 0 heterocycles. The second-order valence-corrected chi connectivity index (χ2v) is 9.32. The smallest absolute Gasteiger partial charge is 0.302 e. The van der Waals surface area contributed by atoms with Gasteiger partial charge in [0.1, 0.15) is 0 Å².